The van der Waals surface area contributed by atoms with Crippen LogP contribution in [0.2, 0.25) is 0 Å². The molecule has 1 unspecified atom stereocenters. The van der Waals surface area contributed by atoms with Crippen molar-refractivity contribution in [1.82, 2.24) is 0 Å². The average Bonchev–Trinajstić information content (AvgIpc) is 1.87. The molecule has 0 rings (SSSR count). The average molecular weight is 255 g/mol. The second-order valence-corrected chi connectivity index (χ2v) is 4.14. The third kappa shape index (κ3) is 13.1. The molecule has 0 aliphatic rings. The summed E-state index contributed by atoms with van der Waals surface area (Å²) in [6, 6.07) is 0. The van der Waals surface area contributed by atoms with E-state index in [1.165, 1.54) is 6.42 Å². The van der Waals surface area contributed by atoms with Crippen LogP contribution in [0.3, 0.4) is 0 Å². The first kappa shape index (κ1) is 24.3. The molecule has 4 heteroatoms. The standard InChI is InChI=1S/C10H21O.Al.2ClH/c1-8(2)5-6-10(7-11)9(3)4;;;/h8-10H,5-7H2,1-4H3;;2*1H/q-1;+3;;/p-2. The predicted molar refractivity (Wildman–Crippen MR) is 53.0 cm³/mol. The summed E-state index contributed by atoms with van der Waals surface area (Å²) in [5.41, 5.74) is 0. The number of hydrogen-bond acceptors (Lipinski definition) is 1. The number of halogens is 2. The fourth-order valence-corrected chi connectivity index (χ4v) is 1.16. The summed E-state index contributed by atoms with van der Waals surface area (Å²) in [5.74, 6) is 1.70. The van der Waals surface area contributed by atoms with E-state index in [4.69, 9.17) is 0 Å². The van der Waals surface area contributed by atoms with Crippen LogP contribution in [0, 0.1) is 17.8 Å². The molecule has 0 bridgehead atoms. The summed E-state index contributed by atoms with van der Waals surface area (Å²) >= 11 is 0. The van der Waals surface area contributed by atoms with Gasteiger partial charge in [-0.25, -0.2) is 0 Å². The fraction of sp³-hybridized carbons (Fsp3) is 1.00. The van der Waals surface area contributed by atoms with E-state index in [0.717, 1.165) is 12.3 Å². The van der Waals surface area contributed by atoms with Crippen molar-refractivity contribution >= 4 is 17.4 Å². The van der Waals surface area contributed by atoms with Gasteiger partial charge in [0.05, 0.1) is 0 Å². The Kier molecular flexibility index (Phi) is 24.5. The van der Waals surface area contributed by atoms with Crippen LogP contribution in [0.25, 0.3) is 0 Å². The van der Waals surface area contributed by atoms with Crippen LogP contribution in [0.1, 0.15) is 40.5 Å². The van der Waals surface area contributed by atoms with Crippen LogP contribution in [-0.2, 0) is 0 Å². The molecular formula is C10H21AlCl2O. The SMILES string of the molecule is CC(C)CCC(C[O-])C(C)C.[Al+3].[Cl-].[Cl-]. The molecular weight excluding hydrogens is 234 g/mol. The Morgan fingerprint density at radius 3 is 1.57 bits per heavy atom. The third-order valence-electron chi connectivity index (χ3n) is 2.27. The molecule has 14 heavy (non-hydrogen) atoms. The van der Waals surface area contributed by atoms with Gasteiger partial charge in [0.2, 0.25) is 0 Å². The summed E-state index contributed by atoms with van der Waals surface area (Å²) in [5, 5.41) is 10.7. The Balaban J connectivity index is -0.000000167. The number of rotatable bonds is 5. The molecule has 0 aromatic heterocycles. The minimum Gasteiger partial charge on any atom is -1.00 e. The van der Waals surface area contributed by atoms with Crippen LogP contribution in [0.5, 0.6) is 0 Å². The van der Waals surface area contributed by atoms with Gasteiger partial charge < -0.3 is 29.9 Å². The van der Waals surface area contributed by atoms with Crippen molar-refractivity contribution in [3.8, 4) is 0 Å². The van der Waals surface area contributed by atoms with E-state index in [0.29, 0.717) is 11.8 Å². The van der Waals surface area contributed by atoms with E-state index in [1.54, 1.807) is 0 Å². The van der Waals surface area contributed by atoms with E-state index in [9.17, 15) is 5.11 Å². The first-order chi connectivity index (χ1) is 5.07. The molecule has 0 aliphatic carbocycles. The summed E-state index contributed by atoms with van der Waals surface area (Å²) < 4.78 is 0. The van der Waals surface area contributed by atoms with Gasteiger partial charge in [0.15, 0.2) is 0 Å². The maximum absolute atomic E-state index is 10.7. The minimum atomic E-state index is 0. The van der Waals surface area contributed by atoms with E-state index < -0.39 is 0 Å². The Hall–Kier alpha value is 1.07. The quantitative estimate of drug-likeness (QED) is 0.456. The van der Waals surface area contributed by atoms with Gasteiger partial charge in [-0.2, -0.15) is 0 Å². The second kappa shape index (κ2) is 14.1. The first-order valence-electron chi connectivity index (χ1n) is 4.66. The van der Waals surface area contributed by atoms with E-state index >= 15 is 0 Å². The molecule has 0 fully saturated rings. The van der Waals surface area contributed by atoms with Crippen molar-refractivity contribution < 1.29 is 29.9 Å². The van der Waals surface area contributed by atoms with Crippen molar-refractivity contribution in [2.45, 2.75) is 40.5 Å². The first-order valence-corrected chi connectivity index (χ1v) is 4.66. The Bertz CT molecular complexity index is 100. The molecule has 0 aliphatic heterocycles. The Morgan fingerprint density at radius 1 is 0.929 bits per heavy atom. The zero-order valence-corrected chi connectivity index (χ0v) is 12.3. The predicted octanol–water partition coefficient (Wildman–Crippen LogP) is -4.32. The van der Waals surface area contributed by atoms with Crippen molar-refractivity contribution in [3.05, 3.63) is 0 Å². The van der Waals surface area contributed by atoms with Crippen molar-refractivity contribution in [2.75, 3.05) is 6.61 Å². The summed E-state index contributed by atoms with van der Waals surface area (Å²) in [6.45, 7) is 8.81. The van der Waals surface area contributed by atoms with Crippen LogP contribution < -0.4 is 29.9 Å². The van der Waals surface area contributed by atoms with Crippen LogP contribution in [0.15, 0.2) is 0 Å². The molecule has 0 radical (unpaired) electrons. The Labute approximate surface area is 112 Å². The second-order valence-electron chi connectivity index (χ2n) is 4.14. The van der Waals surface area contributed by atoms with Gasteiger partial charge in [-0.1, -0.05) is 46.5 Å². The van der Waals surface area contributed by atoms with Gasteiger partial charge in [-0.15, -0.1) is 6.61 Å². The third-order valence-corrected chi connectivity index (χ3v) is 2.27. The summed E-state index contributed by atoms with van der Waals surface area (Å²) in [6.07, 6.45) is 2.31. The van der Waals surface area contributed by atoms with Gasteiger partial charge in [-0.05, 0) is 11.8 Å². The van der Waals surface area contributed by atoms with Crippen molar-refractivity contribution in [1.29, 1.82) is 0 Å². The monoisotopic (exact) mass is 254 g/mol. The number of hydrogen-bond donors (Lipinski definition) is 0. The van der Waals surface area contributed by atoms with Crippen LogP contribution >= 0.6 is 0 Å². The zero-order chi connectivity index (χ0) is 8.85. The zero-order valence-electron chi connectivity index (χ0n) is 9.59. The fourth-order valence-electron chi connectivity index (χ4n) is 1.16. The van der Waals surface area contributed by atoms with Crippen LogP contribution in [0.4, 0.5) is 0 Å². The molecule has 0 aromatic rings. The van der Waals surface area contributed by atoms with E-state index in [2.05, 4.69) is 27.7 Å². The van der Waals surface area contributed by atoms with Gasteiger partial charge in [-0.3, -0.25) is 0 Å². The van der Waals surface area contributed by atoms with Crippen LogP contribution in [-0.4, -0.2) is 24.0 Å². The molecule has 0 saturated carbocycles. The van der Waals surface area contributed by atoms with E-state index in [-0.39, 0.29) is 48.8 Å². The minimum absolute atomic E-state index is 0. The molecule has 0 amide bonds. The van der Waals surface area contributed by atoms with Gasteiger partial charge in [0, 0.05) is 0 Å². The largest absolute Gasteiger partial charge is 3.00 e. The normalized spacial score (nSPS) is 11.4. The van der Waals surface area contributed by atoms with Gasteiger partial charge in [0.1, 0.15) is 0 Å². The topological polar surface area (TPSA) is 23.1 Å². The molecule has 84 valence electrons. The van der Waals surface area contributed by atoms with Crippen molar-refractivity contribution in [2.24, 2.45) is 17.8 Å². The molecule has 0 N–H and O–H groups in total. The maximum atomic E-state index is 10.7. The smallest absolute Gasteiger partial charge is 1.00 e. The van der Waals surface area contributed by atoms with Crippen molar-refractivity contribution in [3.63, 3.8) is 0 Å². The maximum Gasteiger partial charge on any atom is 3.00 e. The Morgan fingerprint density at radius 2 is 1.36 bits per heavy atom. The van der Waals surface area contributed by atoms with E-state index in [1.807, 2.05) is 0 Å². The summed E-state index contributed by atoms with van der Waals surface area (Å²) in [7, 11) is 0. The van der Waals surface area contributed by atoms with Gasteiger partial charge >= 0.3 is 17.4 Å². The van der Waals surface area contributed by atoms with Gasteiger partial charge in [0.25, 0.3) is 0 Å². The molecule has 0 spiro atoms. The molecule has 0 saturated heterocycles. The molecule has 1 nitrogen and oxygen atoms in total. The molecule has 0 heterocycles. The summed E-state index contributed by atoms with van der Waals surface area (Å²) in [4.78, 5) is 0. The molecule has 0 aromatic carbocycles. The molecule has 1 atom stereocenters.